The molecule has 0 aliphatic rings. The first kappa shape index (κ1) is 14.4. The molecule has 0 aliphatic carbocycles. The molecule has 18 heavy (non-hydrogen) atoms. The van der Waals surface area contributed by atoms with Crippen molar-refractivity contribution in [1.82, 2.24) is 4.98 Å². The number of nitrogens with two attached hydrogens (primary N) is 1. The summed E-state index contributed by atoms with van der Waals surface area (Å²) in [6, 6.07) is 0.927. The van der Waals surface area contributed by atoms with Gasteiger partial charge < -0.3 is 20.9 Å². The third kappa shape index (κ3) is 3.97. The number of aliphatic carboxylic acids is 1. The minimum absolute atomic E-state index is 0.134. The van der Waals surface area contributed by atoms with E-state index in [9.17, 15) is 9.59 Å². The molecule has 0 saturated heterocycles. The molecular formula is C12H18N2O4. The molecular weight excluding hydrogens is 236 g/mol. The number of aliphatic hydroxyl groups excluding tert-OH is 1. The molecule has 0 fully saturated rings. The fraction of sp³-hybridized carbons (Fsp3) is 0.500. The normalized spacial score (nSPS) is 12.3. The van der Waals surface area contributed by atoms with E-state index in [1.54, 1.807) is 6.07 Å². The summed E-state index contributed by atoms with van der Waals surface area (Å²) < 4.78 is 0. The van der Waals surface area contributed by atoms with E-state index >= 15 is 0 Å². The SMILES string of the molecule is NC(CCCCc1cc(CO)[nH]c1C=O)C(=O)O. The maximum Gasteiger partial charge on any atom is 0.320 e. The standard InChI is InChI=1S/C12H18N2O4/c13-10(12(17)18)4-2-1-3-8-5-9(6-15)14-11(8)7-16/h5,7,10,14-15H,1-4,6,13H2,(H,17,18). The average molecular weight is 254 g/mol. The summed E-state index contributed by atoms with van der Waals surface area (Å²) in [6.45, 7) is -0.134. The number of rotatable bonds is 8. The van der Waals surface area contributed by atoms with E-state index in [2.05, 4.69) is 4.98 Å². The van der Waals surface area contributed by atoms with Crippen LogP contribution < -0.4 is 5.73 Å². The third-order valence-corrected chi connectivity index (χ3v) is 2.81. The van der Waals surface area contributed by atoms with Gasteiger partial charge in [-0.15, -0.1) is 0 Å². The molecule has 6 nitrogen and oxygen atoms in total. The summed E-state index contributed by atoms with van der Waals surface area (Å²) >= 11 is 0. The Morgan fingerprint density at radius 1 is 1.50 bits per heavy atom. The van der Waals surface area contributed by atoms with Crippen LogP contribution in [0.15, 0.2) is 6.07 Å². The van der Waals surface area contributed by atoms with Gasteiger partial charge in [0.15, 0.2) is 6.29 Å². The van der Waals surface area contributed by atoms with E-state index in [1.165, 1.54) is 0 Å². The number of unbranched alkanes of at least 4 members (excludes halogenated alkanes) is 1. The van der Waals surface area contributed by atoms with Crippen LogP contribution in [-0.2, 0) is 17.8 Å². The Bertz CT molecular complexity index is 414. The van der Waals surface area contributed by atoms with Gasteiger partial charge in [0.05, 0.1) is 12.3 Å². The van der Waals surface area contributed by atoms with Crippen molar-refractivity contribution in [2.24, 2.45) is 5.73 Å². The second kappa shape index (κ2) is 6.93. The third-order valence-electron chi connectivity index (χ3n) is 2.81. The molecule has 0 radical (unpaired) electrons. The van der Waals surface area contributed by atoms with Crippen molar-refractivity contribution in [2.75, 3.05) is 0 Å². The summed E-state index contributed by atoms with van der Waals surface area (Å²) in [5, 5.41) is 17.6. The van der Waals surface area contributed by atoms with Crippen LogP contribution in [0.3, 0.4) is 0 Å². The summed E-state index contributed by atoms with van der Waals surface area (Å²) in [7, 11) is 0. The molecule has 5 N–H and O–H groups in total. The second-order valence-corrected chi connectivity index (χ2v) is 4.20. The summed E-state index contributed by atoms with van der Waals surface area (Å²) in [5.74, 6) is -0.993. The zero-order chi connectivity index (χ0) is 13.5. The number of hydrogen-bond acceptors (Lipinski definition) is 4. The van der Waals surface area contributed by atoms with Gasteiger partial charge in [0.25, 0.3) is 0 Å². The molecule has 1 atom stereocenters. The van der Waals surface area contributed by atoms with Crippen LogP contribution in [0.5, 0.6) is 0 Å². The topological polar surface area (TPSA) is 116 Å². The largest absolute Gasteiger partial charge is 0.480 e. The monoisotopic (exact) mass is 254 g/mol. The molecule has 0 aliphatic heterocycles. The Morgan fingerprint density at radius 2 is 2.22 bits per heavy atom. The van der Waals surface area contributed by atoms with E-state index in [1.807, 2.05) is 0 Å². The summed E-state index contributed by atoms with van der Waals surface area (Å²) in [4.78, 5) is 24.1. The lowest BCUT2D eigenvalue weighted by atomic mass is 10.0. The average Bonchev–Trinajstić information content (AvgIpc) is 2.76. The van der Waals surface area contributed by atoms with Crippen molar-refractivity contribution >= 4 is 12.3 Å². The number of hydrogen-bond donors (Lipinski definition) is 4. The number of carboxylic acid groups (broad SMARTS) is 1. The number of carbonyl (C=O) groups excluding carboxylic acids is 1. The fourth-order valence-electron chi connectivity index (χ4n) is 1.78. The van der Waals surface area contributed by atoms with Crippen LogP contribution in [-0.4, -0.2) is 33.5 Å². The number of aryl methyl sites for hydroxylation is 1. The first-order valence-corrected chi connectivity index (χ1v) is 5.83. The van der Waals surface area contributed by atoms with Crippen LogP contribution in [0.1, 0.15) is 41.0 Å². The van der Waals surface area contributed by atoms with Crippen LogP contribution in [0.4, 0.5) is 0 Å². The Labute approximate surface area is 105 Å². The molecule has 100 valence electrons. The maximum absolute atomic E-state index is 10.8. The van der Waals surface area contributed by atoms with Crippen LogP contribution >= 0.6 is 0 Å². The van der Waals surface area contributed by atoms with Gasteiger partial charge in [-0.1, -0.05) is 6.42 Å². The van der Waals surface area contributed by atoms with E-state index in [4.69, 9.17) is 15.9 Å². The second-order valence-electron chi connectivity index (χ2n) is 4.20. The predicted octanol–water partition coefficient (Wildman–Crippen LogP) is 0.444. The van der Waals surface area contributed by atoms with Gasteiger partial charge in [0.2, 0.25) is 0 Å². The molecule has 1 aromatic rings. The van der Waals surface area contributed by atoms with Crippen molar-refractivity contribution in [3.63, 3.8) is 0 Å². The van der Waals surface area contributed by atoms with Gasteiger partial charge in [-0.3, -0.25) is 9.59 Å². The Morgan fingerprint density at radius 3 is 2.78 bits per heavy atom. The van der Waals surface area contributed by atoms with E-state index in [0.717, 1.165) is 18.3 Å². The Kier molecular flexibility index (Phi) is 5.54. The van der Waals surface area contributed by atoms with Crippen LogP contribution in [0, 0.1) is 0 Å². The number of aromatic amines is 1. The number of carboxylic acids is 1. The van der Waals surface area contributed by atoms with Crippen molar-refractivity contribution < 1.29 is 19.8 Å². The molecule has 0 spiro atoms. The van der Waals surface area contributed by atoms with E-state index in [0.29, 0.717) is 30.7 Å². The van der Waals surface area contributed by atoms with Gasteiger partial charge >= 0.3 is 5.97 Å². The van der Waals surface area contributed by atoms with E-state index < -0.39 is 12.0 Å². The number of carbonyl (C=O) groups is 2. The molecule has 0 bridgehead atoms. The molecule has 0 saturated carbocycles. The lowest BCUT2D eigenvalue weighted by Gasteiger charge is -2.05. The highest BCUT2D eigenvalue weighted by Crippen LogP contribution is 2.13. The fourth-order valence-corrected chi connectivity index (χ4v) is 1.78. The first-order chi connectivity index (χ1) is 8.58. The number of aromatic nitrogens is 1. The predicted molar refractivity (Wildman–Crippen MR) is 65.3 cm³/mol. The Hall–Kier alpha value is -1.66. The van der Waals surface area contributed by atoms with Crippen molar-refractivity contribution in [3.05, 3.63) is 23.0 Å². The lowest BCUT2D eigenvalue weighted by molar-refractivity contribution is -0.138. The minimum atomic E-state index is -0.993. The molecule has 1 heterocycles. The molecule has 6 heteroatoms. The lowest BCUT2D eigenvalue weighted by Crippen LogP contribution is -2.29. The highest BCUT2D eigenvalue weighted by Gasteiger charge is 2.11. The molecule has 1 unspecified atom stereocenters. The van der Waals surface area contributed by atoms with Crippen molar-refractivity contribution in [2.45, 2.75) is 38.3 Å². The minimum Gasteiger partial charge on any atom is -0.480 e. The summed E-state index contributed by atoms with van der Waals surface area (Å²) in [6.07, 6.45) is 3.24. The van der Waals surface area contributed by atoms with Crippen molar-refractivity contribution in [3.8, 4) is 0 Å². The summed E-state index contributed by atoms with van der Waals surface area (Å²) in [5.41, 5.74) is 7.31. The van der Waals surface area contributed by atoms with Gasteiger partial charge in [0.1, 0.15) is 6.04 Å². The number of aliphatic hydroxyl groups is 1. The number of nitrogens with one attached hydrogen (secondary N) is 1. The number of H-pyrrole nitrogens is 1. The van der Waals surface area contributed by atoms with Crippen LogP contribution in [0.2, 0.25) is 0 Å². The van der Waals surface area contributed by atoms with Gasteiger partial charge in [0, 0.05) is 5.69 Å². The molecule has 1 rings (SSSR count). The maximum atomic E-state index is 10.8. The highest BCUT2D eigenvalue weighted by atomic mass is 16.4. The Balaban J connectivity index is 2.41. The zero-order valence-corrected chi connectivity index (χ0v) is 10.1. The number of aldehydes is 1. The highest BCUT2D eigenvalue weighted by molar-refractivity contribution is 5.75. The van der Waals surface area contributed by atoms with Crippen LogP contribution in [0.25, 0.3) is 0 Å². The molecule has 0 aromatic carbocycles. The van der Waals surface area contributed by atoms with Gasteiger partial charge in [-0.2, -0.15) is 0 Å². The first-order valence-electron chi connectivity index (χ1n) is 5.83. The smallest absolute Gasteiger partial charge is 0.320 e. The molecule has 1 aromatic heterocycles. The van der Waals surface area contributed by atoms with Gasteiger partial charge in [-0.25, -0.2) is 0 Å². The van der Waals surface area contributed by atoms with Gasteiger partial charge in [-0.05, 0) is 30.9 Å². The quantitative estimate of drug-likeness (QED) is 0.397. The zero-order valence-electron chi connectivity index (χ0n) is 10.1. The van der Waals surface area contributed by atoms with E-state index in [-0.39, 0.29) is 6.61 Å². The molecule has 0 amide bonds. The van der Waals surface area contributed by atoms with Crippen molar-refractivity contribution in [1.29, 1.82) is 0 Å².